The third-order valence-corrected chi connectivity index (χ3v) is 4.51. The van der Waals surface area contributed by atoms with Gasteiger partial charge in [0.25, 0.3) is 0 Å². The summed E-state index contributed by atoms with van der Waals surface area (Å²) in [6.45, 7) is 2.51. The Bertz CT molecular complexity index is 693. The van der Waals surface area contributed by atoms with Crippen LogP contribution in [0.1, 0.15) is 10.7 Å². The standard InChI is InChI=1S/C12H15N3O2S2/c1-8-15-9(7-18-8)6-14-12-4-3-10(5-11(12)13)19(2,16)17/h3-5,7,14H,6,13H2,1-2H3. The van der Waals surface area contributed by atoms with E-state index in [0.717, 1.165) is 17.0 Å². The molecule has 0 aliphatic rings. The second kappa shape index (κ2) is 5.18. The Morgan fingerprint density at radius 3 is 2.68 bits per heavy atom. The predicted octanol–water partition coefficient (Wildman–Crippen LogP) is 2.05. The van der Waals surface area contributed by atoms with Crippen molar-refractivity contribution in [1.82, 2.24) is 4.98 Å². The molecule has 0 amide bonds. The number of nitrogens with one attached hydrogen (secondary N) is 1. The third-order valence-electron chi connectivity index (χ3n) is 2.58. The highest BCUT2D eigenvalue weighted by Crippen LogP contribution is 2.23. The van der Waals surface area contributed by atoms with E-state index in [1.165, 1.54) is 6.07 Å². The Morgan fingerprint density at radius 2 is 2.16 bits per heavy atom. The van der Waals surface area contributed by atoms with Gasteiger partial charge in [0.1, 0.15) is 0 Å². The molecule has 0 saturated carbocycles. The van der Waals surface area contributed by atoms with E-state index in [4.69, 9.17) is 5.73 Å². The average molecular weight is 297 g/mol. The number of rotatable bonds is 4. The maximum absolute atomic E-state index is 11.4. The van der Waals surface area contributed by atoms with E-state index in [2.05, 4.69) is 10.3 Å². The van der Waals surface area contributed by atoms with Gasteiger partial charge in [0.15, 0.2) is 9.84 Å². The van der Waals surface area contributed by atoms with Gasteiger partial charge in [0.05, 0.1) is 33.5 Å². The number of thiazole rings is 1. The van der Waals surface area contributed by atoms with Crippen LogP contribution in [0.15, 0.2) is 28.5 Å². The van der Waals surface area contributed by atoms with Crippen molar-refractivity contribution in [2.75, 3.05) is 17.3 Å². The number of hydrogen-bond acceptors (Lipinski definition) is 6. The number of nitrogen functional groups attached to an aromatic ring is 1. The first-order valence-corrected chi connectivity index (χ1v) is 8.38. The van der Waals surface area contributed by atoms with Crippen LogP contribution in [0.2, 0.25) is 0 Å². The lowest BCUT2D eigenvalue weighted by Crippen LogP contribution is -2.05. The maximum Gasteiger partial charge on any atom is 0.175 e. The average Bonchev–Trinajstić information content (AvgIpc) is 2.72. The van der Waals surface area contributed by atoms with E-state index in [1.54, 1.807) is 23.5 Å². The molecule has 0 fully saturated rings. The van der Waals surface area contributed by atoms with Gasteiger partial charge in [-0.05, 0) is 25.1 Å². The molecule has 0 atom stereocenters. The smallest absolute Gasteiger partial charge is 0.175 e. The molecule has 0 radical (unpaired) electrons. The summed E-state index contributed by atoms with van der Waals surface area (Å²) in [6.07, 6.45) is 1.16. The molecule has 2 aromatic rings. The van der Waals surface area contributed by atoms with Crippen molar-refractivity contribution in [2.45, 2.75) is 18.4 Å². The first-order valence-electron chi connectivity index (χ1n) is 5.61. The molecule has 1 aromatic heterocycles. The molecule has 5 nitrogen and oxygen atoms in total. The summed E-state index contributed by atoms with van der Waals surface area (Å²) >= 11 is 1.59. The van der Waals surface area contributed by atoms with Crippen LogP contribution < -0.4 is 11.1 Å². The zero-order valence-corrected chi connectivity index (χ0v) is 12.3. The van der Waals surface area contributed by atoms with E-state index in [1.807, 2.05) is 12.3 Å². The predicted molar refractivity (Wildman–Crippen MR) is 78.1 cm³/mol. The SMILES string of the molecule is Cc1nc(CNc2ccc(S(C)(=O)=O)cc2N)cs1. The summed E-state index contributed by atoms with van der Waals surface area (Å²) in [5, 5.41) is 6.13. The lowest BCUT2D eigenvalue weighted by atomic mass is 10.2. The molecule has 0 aliphatic heterocycles. The summed E-state index contributed by atoms with van der Waals surface area (Å²) in [4.78, 5) is 4.55. The van der Waals surface area contributed by atoms with Crippen LogP contribution in [0.4, 0.5) is 11.4 Å². The molecule has 1 heterocycles. The molecule has 1 aromatic carbocycles. The van der Waals surface area contributed by atoms with Gasteiger partial charge < -0.3 is 11.1 Å². The number of benzene rings is 1. The van der Waals surface area contributed by atoms with Crippen molar-refractivity contribution in [3.63, 3.8) is 0 Å². The molecule has 0 saturated heterocycles. The number of nitrogens with two attached hydrogens (primary N) is 1. The van der Waals surface area contributed by atoms with Crippen molar-refractivity contribution in [3.05, 3.63) is 34.3 Å². The number of aromatic nitrogens is 1. The van der Waals surface area contributed by atoms with Crippen LogP contribution in [-0.2, 0) is 16.4 Å². The minimum Gasteiger partial charge on any atom is -0.397 e. The van der Waals surface area contributed by atoms with E-state index < -0.39 is 9.84 Å². The number of aryl methyl sites for hydroxylation is 1. The van der Waals surface area contributed by atoms with Gasteiger partial charge in [-0.25, -0.2) is 13.4 Å². The summed E-state index contributed by atoms with van der Waals surface area (Å²) < 4.78 is 22.8. The van der Waals surface area contributed by atoms with E-state index in [9.17, 15) is 8.42 Å². The highest BCUT2D eigenvalue weighted by atomic mass is 32.2. The number of nitrogens with zero attached hydrogens (tertiary/aromatic N) is 1. The fourth-order valence-corrected chi connectivity index (χ4v) is 2.88. The third kappa shape index (κ3) is 3.45. The van der Waals surface area contributed by atoms with Gasteiger partial charge in [0.2, 0.25) is 0 Å². The molecule has 0 aliphatic carbocycles. The van der Waals surface area contributed by atoms with Crippen molar-refractivity contribution in [2.24, 2.45) is 0 Å². The minimum absolute atomic E-state index is 0.222. The zero-order valence-electron chi connectivity index (χ0n) is 10.7. The van der Waals surface area contributed by atoms with Crippen LogP contribution in [0.3, 0.4) is 0 Å². The summed E-state index contributed by atoms with van der Waals surface area (Å²) in [5.41, 5.74) is 7.90. The fourth-order valence-electron chi connectivity index (χ4n) is 1.61. The molecular formula is C12H15N3O2S2. The molecule has 102 valence electrons. The van der Waals surface area contributed by atoms with Crippen molar-refractivity contribution < 1.29 is 8.42 Å². The van der Waals surface area contributed by atoms with Gasteiger partial charge in [-0.2, -0.15) is 0 Å². The molecule has 3 N–H and O–H groups in total. The van der Waals surface area contributed by atoms with Crippen LogP contribution in [0.5, 0.6) is 0 Å². The summed E-state index contributed by atoms with van der Waals surface area (Å²) in [5.74, 6) is 0. The lowest BCUT2D eigenvalue weighted by Gasteiger charge is -2.09. The maximum atomic E-state index is 11.4. The minimum atomic E-state index is -3.22. The Labute approximate surface area is 116 Å². The summed E-state index contributed by atoms with van der Waals surface area (Å²) in [7, 11) is -3.22. The lowest BCUT2D eigenvalue weighted by molar-refractivity contribution is 0.602. The topological polar surface area (TPSA) is 85.1 Å². The first kappa shape index (κ1) is 13.8. The van der Waals surface area contributed by atoms with Gasteiger partial charge >= 0.3 is 0 Å². The molecule has 2 rings (SSSR count). The Balaban J connectivity index is 2.14. The highest BCUT2D eigenvalue weighted by Gasteiger charge is 2.09. The van der Waals surface area contributed by atoms with Crippen molar-refractivity contribution in [3.8, 4) is 0 Å². The van der Waals surface area contributed by atoms with E-state index in [-0.39, 0.29) is 4.90 Å². The molecule has 19 heavy (non-hydrogen) atoms. The van der Waals surface area contributed by atoms with Crippen LogP contribution in [0.25, 0.3) is 0 Å². The second-order valence-corrected chi connectivity index (χ2v) is 7.31. The van der Waals surface area contributed by atoms with Crippen LogP contribution in [-0.4, -0.2) is 19.7 Å². The Morgan fingerprint density at radius 1 is 1.42 bits per heavy atom. The van der Waals surface area contributed by atoms with Gasteiger partial charge in [-0.1, -0.05) is 0 Å². The first-order chi connectivity index (χ1) is 8.86. The molecule has 0 unspecified atom stereocenters. The number of sulfone groups is 1. The highest BCUT2D eigenvalue weighted by molar-refractivity contribution is 7.90. The molecule has 0 bridgehead atoms. The van der Waals surface area contributed by atoms with Crippen molar-refractivity contribution >= 4 is 32.5 Å². The fraction of sp³-hybridized carbons (Fsp3) is 0.250. The second-order valence-electron chi connectivity index (χ2n) is 4.23. The van der Waals surface area contributed by atoms with Gasteiger partial charge in [0, 0.05) is 11.6 Å². The normalized spacial score (nSPS) is 11.5. The molecule has 7 heteroatoms. The van der Waals surface area contributed by atoms with Crippen LogP contribution >= 0.6 is 11.3 Å². The van der Waals surface area contributed by atoms with Gasteiger partial charge in [-0.15, -0.1) is 11.3 Å². The Kier molecular flexibility index (Phi) is 3.77. The molecular weight excluding hydrogens is 282 g/mol. The van der Waals surface area contributed by atoms with Crippen LogP contribution in [0, 0.1) is 6.92 Å². The largest absolute Gasteiger partial charge is 0.397 e. The monoisotopic (exact) mass is 297 g/mol. The Hall–Kier alpha value is -1.60. The van der Waals surface area contributed by atoms with E-state index >= 15 is 0 Å². The number of anilines is 2. The summed E-state index contributed by atoms with van der Waals surface area (Å²) in [6, 6.07) is 4.68. The number of hydrogen-bond donors (Lipinski definition) is 2. The molecule has 0 spiro atoms. The van der Waals surface area contributed by atoms with Crippen molar-refractivity contribution in [1.29, 1.82) is 0 Å². The van der Waals surface area contributed by atoms with E-state index in [0.29, 0.717) is 17.9 Å². The quantitative estimate of drug-likeness (QED) is 0.844. The zero-order chi connectivity index (χ0) is 14.0. The van der Waals surface area contributed by atoms with Gasteiger partial charge in [-0.3, -0.25) is 0 Å².